The van der Waals surface area contributed by atoms with Crippen molar-refractivity contribution in [3.8, 4) is 5.75 Å². The standard InChI is InChI=1S/C14H20ClNO/c1-4-5-7-11(2)16-10-12-13(15)8-6-9-14(12)17-3/h4,6,8-9,11,16H,1,5,7,10H2,2-3H3. The monoisotopic (exact) mass is 253 g/mol. The lowest BCUT2D eigenvalue weighted by molar-refractivity contribution is 0.405. The Morgan fingerprint density at radius 1 is 1.53 bits per heavy atom. The smallest absolute Gasteiger partial charge is 0.124 e. The third-order valence-electron chi connectivity index (χ3n) is 2.73. The predicted octanol–water partition coefficient (Wildman–Crippen LogP) is 3.79. The molecule has 0 aromatic heterocycles. The van der Waals surface area contributed by atoms with E-state index >= 15 is 0 Å². The van der Waals surface area contributed by atoms with E-state index in [0.29, 0.717) is 6.04 Å². The molecule has 0 spiro atoms. The highest BCUT2D eigenvalue weighted by Crippen LogP contribution is 2.26. The number of hydrogen-bond donors (Lipinski definition) is 1. The highest BCUT2D eigenvalue weighted by molar-refractivity contribution is 6.31. The van der Waals surface area contributed by atoms with Crippen LogP contribution in [0.3, 0.4) is 0 Å². The van der Waals surface area contributed by atoms with E-state index in [1.807, 2.05) is 24.3 Å². The third-order valence-corrected chi connectivity index (χ3v) is 3.08. The fourth-order valence-corrected chi connectivity index (χ4v) is 1.88. The molecule has 0 saturated heterocycles. The molecule has 0 aliphatic rings. The summed E-state index contributed by atoms with van der Waals surface area (Å²) in [5.74, 6) is 0.834. The fraction of sp³-hybridized carbons (Fsp3) is 0.429. The molecule has 94 valence electrons. The molecule has 0 radical (unpaired) electrons. The molecular formula is C14H20ClNO. The number of rotatable bonds is 7. The summed E-state index contributed by atoms with van der Waals surface area (Å²) in [4.78, 5) is 0. The summed E-state index contributed by atoms with van der Waals surface area (Å²) in [5, 5.41) is 4.18. The van der Waals surface area contributed by atoms with E-state index in [2.05, 4.69) is 18.8 Å². The van der Waals surface area contributed by atoms with Gasteiger partial charge >= 0.3 is 0 Å². The van der Waals surface area contributed by atoms with Gasteiger partial charge in [0.2, 0.25) is 0 Å². The topological polar surface area (TPSA) is 21.3 Å². The molecular weight excluding hydrogens is 234 g/mol. The Kier molecular flexibility index (Phi) is 6.09. The third kappa shape index (κ3) is 4.41. The van der Waals surface area contributed by atoms with Crippen LogP contribution in [0.15, 0.2) is 30.9 Å². The van der Waals surface area contributed by atoms with Gasteiger partial charge in [-0.2, -0.15) is 0 Å². The van der Waals surface area contributed by atoms with Crippen molar-refractivity contribution in [2.24, 2.45) is 0 Å². The molecule has 1 atom stereocenters. The predicted molar refractivity (Wildman–Crippen MR) is 73.7 cm³/mol. The molecule has 1 N–H and O–H groups in total. The first-order valence-electron chi connectivity index (χ1n) is 5.84. The Morgan fingerprint density at radius 2 is 2.29 bits per heavy atom. The number of allylic oxidation sites excluding steroid dienone is 1. The van der Waals surface area contributed by atoms with Crippen molar-refractivity contribution in [2.45, 2.75) is 32.4 Å². The van der Waals surface area contributed by atoms with Gasteiger partial charge in [0, 0.05) is 23.2 Å². The van der Waals surface area contributed by atoms with Crippen LogP contribution in [0.2, 0.25) is 5.02 Å². The molecule has 2 nitrogen and oxygen atoms in total. The van der Waals surface area contributed by atoms with Crippen LogP contribution in [0.5, 0.6) is 5.75 Å². The van der Waals surface area contributed by atoms with E-state index in [-0.39, 0.29) is 0 Å². The Labute approximate surface area is 109 Å². The zero-order valence-corrected chi connectivity index (χ0v) is 11.3. The lowest BCUT2D eigenvalue weighted by atomic mass is 10.1. The van der Waals surface area contributed by atoms with Crippen molar-refractivity contribution in [3.63, 3.8) is 0 Å². The maximum atomic E-state index is 6.16. The van der Waals surface area contributed by atoms with E-state index in [4.69, 9.17) is 16.3 Å². The van der Waals surface area contributed by atoms with Gasteiger partial charge in [-0.25, -0.2) is 0 Å². The van der Waals surface area contributed by atoms with Crippen LogP contribution < -0.4 is 10.1 Å². The lowest BCUT2D eigenvalue weighted by Gasteiger charge is -2.15. The first kappa shape index (κ1) is 14.1. The Balaban J connectivity index is 2.59. The van der Waals surface area contributed by atoms with Crippen LogP contribution in [-0.2, 0) is 6.54 Å². The molecule has 1 unspecified atom stereocenters. The van der Waals surface area contributed by atoms with Crippen LogP contribution in [0, 0.1) is 0 Å². The number of halogens is 1. The molecule has 0 fully saturated rings. The molecule has 0 aliphatic heterocycles. The molecule has 3 heteroatoms. The van der Waals surface area contributed by atoms with Crippen LogP contribution >= 0.6 is 11.6 Å². The van der Waals surface area contributed by atoms with Crippen molar-refractivity contribution < 1.29 is 4.74 Å². The fourth-order valence-electron chi connectivity index (χ4n) is 1.65. The first-order chi connectivity index (χ1) is 8.19. The Bertz CT molecular complexity index is 365. The summed E-state index contributed by atoms with van der Waals surface area (Å²) in [7, 11) is 1.66. The van der Waals surface area contributed by atoms with Gasteiger partial charge in [0.25, 0.3) is 0 Å². The number of hydrogen-bond acceptors (Lipinski definition) is 2. The molecule has 0 heterocycles. The molecule has 1 aromatic rings. The van der Waals surface area contributed by atoms with Gasteiger partial charge in [0.05, 0.1) is 7.11 Å². The first-order valence-corrected chi connectivity index (χ1v) is 6.22. The molecule has 1 aromatic carbocycles. The minimum atomic E-state index is 0.439. The van der Waals surface area contributed by atoms with Gasteiger partial charge in [0.1, 0.15) is 5.75 Å². The number of nitrogens with one attached hydrogen (secondary N) is 1. The van der Waals surface area contributed by atoms with Crippen LogP contribution in [0.1, 0.15) is 25.3 Å². The zero-order chi connectivity index (χ0) is 12.7. The van der Waals surface area contributed by atoms with Gasteiger partial charge in [-0.3, -0.25) is 0 Å². The second kappa shape index (κ2) is 7.36. The molecule has 0 bridgehead atoms. The zero-order valence-electron chi connectivity index (χ0n) is 10.5. The highest BCUT2D eigenvalue weighted by atomic mass is 35.5. The number of ether oxygens (including phenoxy) is 1. The average molecular weight is 254 g/mol. The van der Waals surface area contributed by atoms with Crippen molar-refractivity contribution >= 4 is 11.6 Å². The SMILES string of the molecule is C=CCCC(C)NCc1c(Cl)cccc1OC. The second-order valence-electron chi connectivity index (χ2n) is 4.07. The van der Waals surface area contributed by atoms with Crippen LogP contribution in [-0.4, -0.2) is 13.2 Å². The largest absolute Gasteiger partial charge is 0.496 e. The lowest BCUT2D eigenvalue weighted by Crippen LogP contribution is -2.25. The van der Waals surface area contributed by atoms with Crippen molar-refractivity contribution in [3.05, 3.63) is 41.4 Å². The van der Waals surface area contributed by atoms with Gasteiger partial charge in [-0.15, -0.1) is 6.58 Å². The maximum absolute atomic E-state index is 6.16. The van der Waals surface area contributed by atoms with Crippen molar-refractivity contribution in [1.29, 1.82) is 0 Å². The Hall–Kier alpha value is -0.990. The van der Waals surface area contributed by atoms with E-state index in [1.54, 1.807) is 7.11 Å². The summed E-state index contributed by atoms with van der Waals surface area (Å²) < 4.78 is 5.30. The highest BCUT2D eigenvalue weighted by Gasteiger charge is 2.08. The maximum Gasteiger partial charge on any atom is 0.124 e. The van der Waals surface area contributed by atoms with Crippen LogP contribution in [0.4, 0.5) is 0 Å². The molecule has 1 rings (SSSR count). The molecule has 17 heavy (non-hydrogen) atoms. The number of benzene rings is 1. The second-order valence-corrected chi connectivity index (χ2v) is 4.48. The summed E-state index contributed by atoms with van der Waals surface area (Å²) in [6.07, 6.45) is 4.04. The Morgan fingerprint density at radius 3 is 2.94 bits per heavy atom. The van der Waals surface area contributed by atoms with Gasteiger partial charge < -0.3 is 10.1 Å². The van der Waals surface area contributed by atoms with Gasteiger partial charge in [-0.1, -0.05) is 23.7 Å². The minimum absolute atomic E-state index is 0.439. The summed E-state index contributed by atoms with van der Waals surface area (Å²) in [6.45, 7) is 6.61. The molecule has 0 saturated carbocycles. The van der Waals surface area contributed by atoms with E-state index in [9.17, 15) is 0 Å². The van der Waals surface area contributed by atoms with E-state index in [0.717, 1.165) is 35.7 Å². The van der Waals surface area contributed by atoms with Crippen molar-refractivity contribution in [2.75, 3.05) is 7.11 Å². The summed E-state index contributed by atoms with van der Waals surface area (Å²) >= 11 is 6.16. The molecule has 0 aliphatic carbocycles. The number of methoxy groups -OCH3 is 1. The van der Waals surface area contributed by atoms with Crippen LogP contribution in [0.25, 0.3) is 0 Å². The average Bonchev–Trinajstić information content (AvgIpc) is 2.34. The van der Waals surface area contributed by atoms with Gasteiger partial charge in [-0.05, 0) is 31.9 Å². The summed E-state index contributed by atoms with van der Waals surface area (Å²) in [5.41, 5.74) is 1.02. The summed E-state index contributed by atoms with van der Waals surface area (Å²) in [6, 6.07) is 6.15. The van der Waals surface area contributed by atoms with Gasteiger partial charge in [0.15, 0.2) is 0 Å². The quantitative estimate of drug-likeness (QED) is 0.747. The van der Waals surface area contributed by atoms with Crippen molar-refractivity contribution in [1.82, 2.24) is 5.32 Å². The molecule has 0 amide bonds. The minimum Gasteiger partial charge on any atom is -0.496 e. The van der Waals surface area contributed by atoms with E-state index in [1.165, 1.54) is 0 Å². The van der Waals surface area contributed by atoms with E-state index < -0.39 is 0 Å². The normalized spacial score (nSPS) is 12.2.